The van der Waals surface area contributed by atoms with E-state index in [9.17, 15) is 9.59 Å². The molecule has 0 aliphatic rings. The van der Waals surface area contributed by atoms with Gasteiger partial charge >= 0.3 is 0 Å². The Bertz CT molecular complexity index is 997. The van der Waals surface area contributed by atoms with Gasteiger partial charge in [-0.1, -0.05) is 12.1 Å². The largest absolute Gasteiger partial charge is 0.497 e. The summed E-state index contributed by atoms with van der Waals surface area (Å²) in [7, 11) is 1.52. The average molecular weight is 353 g/mol. The lowest BCUT2D eigenvalue weighted by Gasteiger charge is -2.08. The van der Waals surface area contributed by atoms with Crippen LogP contribution in [0, 0.1) is 0 Å². The third-order valence-electron chi connectivity index (χ3n) is 3.79. The number of hydrogen-bond acceptors (Lipinski definition) is 5. The summed E-state index contributed by atoms with van der Waals surface area (Å²) < 4.78 is 10.5. The summed E-state index contributed by atoms with van der Waals surface area (Å²) >= 11 is 0. The minimum atomic E-state index is -0.457. The molecule has 0 spiro atoms. The SMILES string of the molecule is CCOc1cccc(CNC(=O)c2nc3ccc(OC)cc3c(=O)[nH]2)c1. The van der Waals surface area contributed by atoms with Crippen LogP contribution in [0.4, 0.5) is 0 Å². The molecule has 0 saturated heterocycles. The zero-order valence-corrected chi connectivity index (χ0v) is 14.5. The van der Waals surface area contributed by atoms with Gasteiger partial charge in [0.25, 0.3) is 11.5 Å². The summed E-state index contributed by atoms with van der Waals surface area (Å²) in [6.07, 6.45) is 0. The second kappa shape index (κ2) is 7.69. The van der Waals surface area contributed by atoms with E-state index in [1.807, 2.05) is 31.2 Å². The van der Waals surface area contributed by atoms with Crippen LogP contribution in [0.25, 0.3) is 10.9 Å². The van der Waals surface area contributed by atoms with Crippen molar-refractivity contribution in [2.75, 3.05) is 13.7 Å². The monoisotopic (exact) mass is 353 g/mol. The van der Waals surface area contributed by atoms with E-state index in [0.29, 0.717) is 29.8 Å². The fourth-order valence-electron chi connectivity index (χ4n) is 2.53. The standard InChI is InChI=1S/C19H19N3O4/c1-3-26-14-6-4-5-12(9-14)11-20-19(24)17-21-16-8-7-13(25-2)10-15(16)18(23)22-17/h4-10H,3,11H2,1-2H3,(H,20,24)(H,21,22,23). The van der Waals surface area contributed by atoms with Gasteiger partial charge in [-0.3, -0.25) is 9.59 Å². The van der Waals surface area contributed by atoms with Gasteiger partial charge in [-0.15, -0.1) is 0 Å². The molecule has 0 bridgehead atoms. The van der Waals surface area contributed by atoms with Crippen molar-refractivity contribution in [1.82, 2.24) is 15.3 Å². The number of methoxy groups -OCH3 is 1. The van der Waals surface area contributed by atoms with Crippen molar-refractivity contribution < 1.29 is 14.3 Å². The quantitative estimate of drug-likeness (QED) is 0.709. The maximum absolute atomic E-state index is 12.3. The number of benzene rings is 2. The lowest BCUT2D eigenvalue weighted by atomic mass is 10.2. The first kappa shape index (κ1) is 17.5. The number of fused-ring (bicyclic) bond motifs is 1. The van der Waals surface area contributed by atoms with Crippen LogP contribution >= 0.6 is 0 Å². The Kier molecular flexibility index (Phi) is 5.17. The van der Waals surface area contributed by atoms with Crippen LogP contribution in [-0.4, -0.2) is 29.6 Å². The number of ether oxygens (including phenoxy) is 2. The fraction of sp³-hybridized carbons (Fsp3) is 0.211. The molecule has 7 nitrogen and oxygen atoms in total. The molecule has 3 rings (SSSR count). The van der Waals surface area contributed by atoms with E-state index in [1.165, 1.54) is 7.11 Å². The highest BCUT2D eigenvalue weighted by atomic mass is 16.5. The summed E-state index contributed by atoms with van der Waals surface area (Å²) in [5, 5.41) is 3.11. The van der Waals surface area contributed by atoms with Gasteiger partial charge in [0.05, 0.1) is 24.6 Å². The number of rotatable bonds is 6. The van der Waals surface area contributed by atoms with Gasteiger partial charge in [-0.05, 0) is 42.8 Å². The molecule has 0 saturated carbocycles. The molecule has 1 heterocycles. The highest BCUT2D eigenvalue weighted by Crippen LogP contribution is 2.16. The molecule has 0 fully saturated rings. The summed E-state index contributed by atoms with van der Waals surface area (Å²) in [4.78, 5) is 31.3. The van der Waals surface area contributed by atoms with Crippen molar-refractivity contribution in [1.29, 1.82) is 0 Å². The molecule has 0 radical (unpaired) electrons. The number of nitrogens with zero attached hydrogens (tertiary/aromatic N) is 1. The predicted octanol–water partition coefficient (Wildman–Crippen LogP) is 2.26. The summed E-state index contributed by atoms with van der Waals surface area (Å²) in [6, 6.07) is 12.4. The van der Waals surface area contributed by atoms with Crippen molar-refractivity contribution in [2.45, 2.75) is 13.5 Å². The van der Waals surface area contributed by atoms with Gasteiger partial charge in [0.2, 0.25) is 0 Å². The van der Waals surface area contributed by atoms with E-state index in [1.54, 1.807) is 18.2 Å². The summed E-state index contributed by atoms with van der Waals surface area (Å²) in [6.45, 7) is 2.78. The van der Waals surface area contributed by atoms with Gasteiger partial charge in [0.1, 0.15) is 11.5 Å². The molecular formula is C19H19N3O4. The number of amides is 1. The van der Waals surface area contributed by atoms with Gasteiger partial charge in [-0.25, -0.2) is 4.98 Å². The molecule has 0 unspecified atom stereocenters. The molecule has 0 aliphatic carbocycles. The van der Waals surface area contributed by atoms with Crippen molar-refractivity contribution in [2.24, 2.45) is 0 Å². The molecule has 0 aliphatic heterocycles. The second-order valence-corrected chi connectivity index (χ2v) is 5.56. The second-order valence-electron chi connectivity index (χ2n) is 5.56. The molecule has 2 aromatic carbocycles. The number of carbonyl (C=O) groups is 1. The van der Waals surface area contributed by atoms with E-state index < -0.39 is 11.5 Å². The van der Waals surface area contributed by atoms with E-state index in [4.69, 9.17) is 9.47 Å². The Morgan fingerprint density at radius 3 is 2.81 bits per heavy atom. The first-order chi connectivity index (χ1) is 12.6. The van der Waals surface area contributed by atoms with Crippen LogP contribution in [0.15, 0.2) is 47.3 Å². The lowest BCUT2D eigenvalue weighted by molar-refractivity contribution is 0.0940. The molecular weight excluding hydrogens is 334 g/mol. The number of nitrogens with one attached hydrogen (secondary N) is 2. The highest BCUT2D eigenvalue weighted by molar-refractivity contribution is 5.92. The maximum atomic E-state index is 12.3. The molecule has 2 N–H and O–H groups in total. The summed E-state index contributed by atoms with van der Waals surface area (Å²) in [5.74, 6) is 0.803. The highest BCUT2D eigenvalue weighted by Gasteiger charge is 2.12. The van der Waals surface area contributed by atoms with Gasteiger partial charge < -0.3 is 19.8 Å². The van der Waals surface area contributed by atoms with Crippen LogP contribution in [0.5, 0.6) is 11.5 Å². The van der Waals surface area contributed by atoms with Gasteiger partial charge in [0.15, 0.2) is 5.82 Å². The third-order valence-corrected chi connectivity index (χ3v) is 3.79. The Hall–Kier alpha value is -3.35. The number of hydrogen-bond donors (Lipinski definition) is 2. The van der Waals surface area contributed by atoms with E-state index >= 15 is 0 Å². The van der Waals surface area contributed by atoms with E-state index in [2.05, 4.69) is 15.3 Å². The van der Waals surface area contributed by atoms with E-state index in [0.717, 1.165) is 11.3 Å². The normalized spacial score (nSPS) is 10.5. The average Bonchev–Trinajstić information content (AvgIpc) is 2.66. The van der Waals surface area contributed by atoms with Gasteiger partial charge in [-0.2, -0.15) is 0 Å². The van der Waals surface area contributed by atoms with Crippen LogP contribution in [0.3, 0.4) is 0 Å². The number of carbonyl (C=O) groups excluding carboxylic acids is 1. The Balaban J connectivity index is 1.77. The Morgan fingerprint density at radius 2 is 2.04 bits per heavy atom. The smallest absolute Gasteiger partial charge is 0.287 e. The number of aromatic amines is 1. The topological polar surface area (TPSA) is 93.3 Å². The zero-order chi connectivity index (χ0) is 18.5. The minimum absolute atomic E-state index is 0.0337. The van der Waals surface area contributed by atoms with Crippen LogP contribution in [-0.2, 0) is 6.54 Å². The number of H-pyrrole nitrogens is 1. The van der Waals surface area contributed by atoms with Crippen molar-refractivity contribution in [3.63, 3.8) is 0 Å². The molecule has 7 heteroatoms. The van der Waals surface area contributed by atoms with Crippen molar-refractivity contribution >= 4 is 16.8 Å². The Morgan fingerprint density at radius 1 is 1.19 bits per heavy atom. The maximum Gasteiger partial charge on any atom is 0.287 e. The predicted molar refractivity (Wildman–Crippen MR) is 97.7 cm³/mol. The third kappa shape index (κ3) is 3.83. The zero-order valence-electron chi connectivity index (χ0n) is 14.5. The molecule has 134 valence electrons. The van der Waals surface area contributed by atoms with Gasteiger partial charge in [0, 0.05) is 6.54 Å². The first-order valence-corrected chi connectivity index (χ1v) is 8.18. The lowest BCUT2D eigenvalue weighted by Crippen LogP contribution is -2.27. The first-order valence-electron chi connectivity index (χ1n) is 8.18. The molecule has 0 atom stereocenters. The molecule has 1 amide bonds. The van der Waals surface area contributed by atoms with Crippen LogP contribution < -0.4 is 20.3 Å². The molecule has 3 aromatic rings. The molecule has 26 heavy (non-hydrogen) atoms. The minimum Gasteiger partial charge on any atom is -0.497 e. The Labute approximate surface area is 150 Å². The van der Waals surface area contributed by atoms with Crippen LogP contribution in [0.1, 0.15) is 23.1 Å². The van der Waals surface area contributed by atoms with Crippen molar-refractivity contribution in [3.8, 4) is 11.5 Å². The summed E-state index contributed by atoms with van der Waals surface area (Å²) in [5.41, 5.74) is 0.924. The molecule has 1 aromatic heterocycles. The van der Waals surface area contributed by atoms with Crippen molar-refractivity contribution in [3.05, 3.63) is 64.2 Å². The van der Waals surface area contributed by atoms with Crippen LogP contribution in [0.2, 0.25) is 0 Å². The fourth-order valence-corrected chi connectivity index (χ4v) is 2.53. The number of aromatic nitrogens is 2. The van der Waals surface area contributed by atoms with E-state index in [-0.39, 0.29) is 5.82 Å².